The molecule has 5 nitrogen and oxygen atoms in total. The van der Waals surface area contributed by atoms with E-state index in [4.69, 9.17) is 4.74 Å². The number of amides is 1. The van der Waals surface area contributed by atoms with Crippen molar-refractivity contribution < 1.29 is 19.4 Å². The number of phenols is 1. The molecule has 0 saturated carbocycles. The largest absolute Gasteiger partial charge is 0.506 e. The van der Waals surface area contributed by atoms with Gasteiger partial charge in [0.1, 0.15) is 11.3 Å². The average molecular weight is 435 g/mol. The van der Waals surface area contributed by atoms with Crippen LogP contribution in [0, 0.1) is 5.92 Å². The maximum Gasteiger partial charge on any atom is 0.342 e. The number of rotatable bonds is 3. The molecule has 22 heavy (non-hydrogen) atoms. The number of hydrogen-bond acceptors (Lipinski definition) is 4. The highest BCUT2D eigenvalue weighted by Crippen LogP contribution is 2.32. The van der Waals surface area contributed by atoms with Crippen molar-refractivity contribution >= 4 is 43.7 Å². The second-order valence-electron chi connectivity index (χ2n) is 5.45. The standard InChI is InChI=1S/C15H17Br2NO4/c1-9-3-2-4-18(7-9)13(19)8-22-15(21)11-5-10(16)6-12(17)14(11)20/h5-6,9,20H,2-4,7-8H2,1H3. The molecule has 1 heterocycles. The number of hydrogen-bond donors (Lipinski definition) is 1. The number of ether oxygens (including phenoxy) is 1. The average Bonchev–Trinajstić information content (AvgIpc) is 2.48. The van der Waals surface area contributed by atoms with Gasteiger partial charge in [-0.2, -0.15) is 0 Å². The summed E-state index contributed by atoms with van der Waals surface area (Å²) in [4.78, 5) is 25.8. The SMILES string of the molecule is CC1CCCN(C(=O)COC(=O)c2cc(Br)cc(Br)c2O)C1. The minimum absolute atomic E-state index is 0.0149. The first kappa shape index (κ1) is 17.3. The lowest BCUT2D eigenvalue weighted by molar-refractivity contribution is -0.136. The van der Waals surface area contributed by atoms with Gasteiger partial charge in [-0.25, -0.2) is 4.79 Å². The third-order valence-electron chi connectivity index (χ3n) is 3.58. The zero-order valence-corrected chi connectivity index (χ0v) is 15.3. The molecule has 7 heteroatoms. The first-order chi connectivity index (χ1) is 10.4. The summed E-state index contributed by atoms with van der Waals surface area (Å²) in [6.07, 6.45) is 2.09. The number of aromatic hydroxyl groups is 1. The van der Waals surface area contributed by atoms with Crippen molar-refractivity contribution in [1.82, 2.24) is 4.90 Å². The molecule has 0 aromatic heterocycles. The molecule has 1 aromatic rings. The molecule has 2 rings (SSSR count). The Kier molecular flexibility index (Phi) is 5.86. The van der Waals surface area contributed by atoms with Crippen LogP contribution in [0.15, 0.2) is 21.1 Å². The summed E-state index contributed by atoms with van der Waals surface area (Å²) in [6.45, 7) is 3.19. The van der Waals surface area contributed by atoms with Crippen LogP contribution >= 0.6 is 31.9 Å². The van der Waals surface area contributed by atoms with E-state index in [2.05, 4.69) is 38.8 Å². The van der Waals surface area contributed by atoms with E-state index in [1.807, 2.05) is 0 Å². The highest BCUT2D eigenvalue weighted by molar-refractivity contribution is 9.11. The first-order valence-corrected chi connectivity index (χ1v) is 8.60. The van der Waals surface area contributed by atoms with E-state index in [9.17, 15) is 14.7 Å². The lowest BCUT2D eigenvalue weighted by Crippen LogP contribution is -2.41. The van der Waals surface area contributed by atoms with E-state index in [1.54, 1.807) is 11.0 Å². The lowest BCUT2D eigenvalue weighted by atomic mass is 10.0. The first-order valence-electron chi connectivity index (χ1n) is 7.01. The van der Waals surface area contributed by atoms with Crippen molar-refractivity contribution in [2.75, 3.05) is 19.7 Å². The number of phenolic OH excluding ortho intramolecular Hbond substituents is 1. The highest BCUT2D eigenvalue weighted by Gasteiger charge is 2.23. The summed E-state index contributed by atoms with van der Waals surface area (Å²) in [7, 11) is 0. The number of benzene rings is 1. The van der Waals surface area contributed by atoms with Crippen LogP contribution in [0.3, 0.4) is 0 Å². The van der Waals surface area contributed by atoms with Crippen LogP contribution in [0.25, 0.3) is 0 Å². The molecular formula is C15H17Br2NO4. The van der Waals surface area contributed by atoms with E-state index >= 15 is 0 Å². The molecule has 1 fully saturated rings. The second-order valence-corrected chi connectivity index (χ2v) is 7.22. The Hall–Kier alpha value is -1.08. The van der Waals surface area contributed by atoms with Crippen molar-refractivity contribution in [3.05, 3.63) is 26.6 Å². The summed E-state index contributed by atoms with van der Waals surface area (Å²) in [6, 6.07) is 3.07. The molecule has 1 saturated heterocycles. The summed E-state index contributed by atoms with van der Waals surface area (Å²) in [5, 5.41) is 9.88. The van der Waals surface area contributed by atoms with E-state index < -0.39 is 5.97 Å². The Morgan fingerprint density at radius 1 is 1.41 bits per heavy atom. The third kappa shape index (κ3) is 4.23. The van der Waals surface area contributed by atoms with Gasteiger partial charge in [0.25, 0.3) is 5.91 Å². The predicted molar refractivity (Wildman–Crippen MR) is 88.8 cm³/mol. The number of likely N-dealkylation sites (tertiary alicyclic amines) is 1. The van der Waals surface area contributed by atoms with E-state index in [1.165, 1.54) is 6.07 Å². The minimum atomic E-state index is -0.724. The maximum absolute atomic E-state index is 12.1. The van der Waals surface area contributed by atoms with Crippen molar-refractivity contribution in [2.24, 2.45) is 5.92 Å². The Morgan fingerprint density at radius 3 is 2.82 bits per heavy atom. The zero-order valence-electron chi connectivity index (χ0n) is 12.1. The van der Waals surface area contributed by atoms with Crippen molar-refractivity contribution in [3.8, 4) is 5.75 Å². The monoisotopic (exact) mass is 433 g/mol. The van der Waals surface area contributed by atoms with Gasteiger partial charge in [-0.1, -0.05) is 22.9 Å². The molecule has 1 amide bonds. The zero-order chi connectivity index (χ0) is 16.3. The number of halogens is 2. The Morgan fingerprint density at radius 2 is 2.14 bits per heavy atom. The van der Waals surface area contributed by atoms with Crippen molar-refractivity contribution in [2.45, 2.75) is 19.8 Å². The van der Waals surface area contributed by atoms with Crippen LogP contribution in [0.5, 0.6) is 5.75 Å². The molecule has 1 unspecified atom stereocenters. The van der Waals surface area contributed by atoms with Crippen LogP contribution < -0.4 is 0 Å². The number of nitrogens with zero attached hydrogens (tertiary/aromatic N) is 1. The van der Waals surface area contributed by atoms with Gasteiger partial charge in [0.2, 0.25) is 0 Å². The van der Waals surface area contributed by atoms with Gasteiger partial charge < -0.3 is 14.7 Å². The minimum Gasteiger partial charge on any atom is -0.506 e. The fraction of sp³-hybridized carbons (Fsp3) is 0.467. The number of esters is 1. The third-order valence-corrected chi connectivity index (χ3v) is 4.65. The van der Waals surface area contributed by atoms with E-state index in [-0.39, 0.29) is 23.8 Å². The highest BCUT2D eigenvalue weighted by atomic mass is 79.9. The Bertz CT molecular complexity index is 591. The van der Waals surface area contributed by atoms with E-state index in [0.717, 1.165) is 12.8 Å². The quantitative estimate of drug-likeness (QED) is 0.741. The molecule has 1 atom stereocenters. The summed E-state index contributed by atoms with van der Waals surface area (Å²) in [5.74, 6) is -0.655. The van der Waals surface area contributed by atoms with Crippen molar-refractivity contribution in [1.29, 1.82) is 0 Å². The number of piperidine rings is 1. The van der Waals surface area contributed by atoms with E-state index in [0.29, 0.717) is 28.0 Å². The molecule has 0 bridgehead atoms. The number of carbonyl (C=O) groups is 2. The maximum atomic E-state index is 12.1. The van der Waals surface area contributed by atoms with Gasteiger partial charge in [-0.15, -0.1) is 0 Å². The number of carbonyl (C=O) groups excluding carboxylic acids is 2. The Labute approximate surface area is 145 Å². The summed E-state index contributed by atoms with van der Waals surface area (Å²) in [5.41, 5.74) is 0.0149. The van der Waals surface area contributed by atoms with Gasteiger partial charge >= 0.3 is 5.97 Å². The molecule has 1 aliphatic rings. The summed E-state index contributed by atoms with van der Waals surface area (Å²) < 4.78 is 6.04. The molecule has 0 aliphatic carbocycles. The van der Waals surface area contributed by atoms with Gasteiger partial charge in [0, 0.05) is 17.6 Å². The summed E-state index contributed by atoms with van der Waals surface area (Å²) >= 11 is 6.39. The van der Waals surface area contributed by atoms with Crippen LogP contribution in [0.1, 0.15) is 30.1 Å². The van der Waals surface area contributed by atoms with Crippen LogP contribution in [0.4, 0.5) is 0 Å². The van der Waals surface area contributed by atoms with Crippen LogP contribution in [-0.4, -0.2) is 41.6 Å². The van der Waals surface area contributed by atoms with Gasteiger partial charge in [-0.3, -0.25) is 4.79 Å². The van der Waals surface area contributed by atoms with Gasteiger partial charge in [0.05, 0.1) is 4.47 Å². The predicted octanol–water partition coefficient (Wildman–Crippen LogP) is 3.33. The fourth-order valence-corrected chi connectivity index (χ4v) is 3.66. The smallest absolute Gasteiger partial charge is 0.342 e. The molecular weight excluding hydrogens is 418 g/mol. The molecule has 0 spiro atoms. The molecule has 1 aliphatic heterocycles. The van der Waals surface area contributed by atoms with Crippen molar-refractivity contribution in [3.63, 3.8) is 0 Å². The Balaban J connectivity index is 1.97. The van der Waals surface area contributed by atoms with Crippen LogP contribution in [0.2, 0.25) is 0 Å². The molecule has 1 N–H and O–H groups in total. The van der Waals surface area contributed by atoms with Gasteiger partial charge in [-0.05, 0) is 46.8 Å². The topological polar surface area (TPSA) is 66.8 Å². The fourth-order valence-electron chi connectivity index (χ4n) is 2.43. The molecule has 1 aromatic carbocycles. The second kappa shape index (κ2) is 7.46. The molecule has 0 radical (unpaired) electrons. The van der Waals surface area contributed by atoms with Crippen LogP contribution in [-0.2, 0) is 9.53 Å². The molecule has 120 valence electrons. The lowest BCUT2D eigenvalue weighted by Gasteiger charge is -2.30. The normalized spacial score (nSPS) is 18.1. The van der Waals surface area contributed by atoms with Gasteiger partial charge in [0.15, 0.2) is 6.61 Å².